The highest BCUT2D eigenvalue weighted by Gasteiger charge is 2.17. The second-order valence-electron chi connectivity index (χ2n) is 6.38. The third-order valence-corrected chi connectivity index (χ3v) is 4.61. The van der Waals surface area contributed by atoms with Crippen molar-refractivity contribution in [3.05, 3.63) is 76.4 Å². The summed E-state index contributed by atoms with van der Waals surface area (Å²) in [6, 6.07) is 18.2. The van der Waals surface area contributed by atoms with Crippen molar-refractivity contribution < 1.29 is 0 Å². The zero-order valence-corrected chi connectivity index (χ0v) is 15.2. The Morgan fingerprint density at radius 2 is 1.56 bits per heavy atom. The first-order chi connectivity index (χ1) is 12.0. The van der Waals surface area contributed by atoms with E-state index < -0.39 is 0 Å². The molecule has 4 rings (SSSR count). The molecular formula is C21H18ClN3. The molecule has 0 aliphatic heterocycles. The van der Waals surface area contributed by atoms with E-state index in [9.17, 15) is 0 Å². The molecule has 0 atom stereocenters. The van der Waals surface area contributed by atoms with Gasteiger partial charge in [-0.25, -0.2) is 9.67 Å². The van der Waals surface area contributed by atoms with Crippen molar-refractivity contribution in [3.8, 4) is 16.9 Å². The van der Waals surface area contributed by atoms with E-state index in [0.717, 1.165) is 38.7 Å². The molecule has 4 heteroatoms. The molecule has 0 amide bonds. The van der Waals surface area contributed by atoms with Gasteiger partial charge < -0.3 is 0 Å². The molecule has 0 fully saturated rings. The zero-order chi connectivity index (χ0) is 17.6. The van der Waals surface area contributed by atoms with Gasteiger partial charge in [-0.2, -0.15) is 5.10 Å². The Bertz CT molecular complexity index is 1060. The highest BCUT2D eigenvalue weighted by molar-refractivity contribution is 6.30. The summed E-state index contributed by atoms with van der Waals surface area (Å²) in [5.41, 5.74) is 7.23. The Kier molecular flexibility index (Phi) is 3.81. The summed E-state index contributed by atoms with van der Waals surface area (Å²) < 4.78 is 1.93. The van der Waals surface area contributed by atoms with Crippen LogP contribution in [-0.2, 0) is 0 Å². The van der Waals surface area contributed by atoms with E-state index in [1.807, 2.05) is 35.9 Å². The van der Waals surface area contributed by atoms with Crippen molar-refractivity contribution in [2.24, 2.45) is 0 Å². The normalized spacial score (nSPS) is 11.2. The summed E-state index contributed by atoms with van der Waals surface area (Å²) in [5, 5.41) is 6.70. The van der Waals surface area contributed by atoms with Crippen LogP contribution in [0.5, 0.6) is 0 Å². The molecular weight excluding hydrogens is 330 g/mol. The molecule has 0 saturated carbocycles. The van der Waals surface area contributed by atoms with Gasteiger partial charge in [0.05, 0.1) is 11.1 Å². The van der Waals surface area contributed by atoms with E-state index in [4.69, 9.17) is 21.7 Å². The molecule has 25 heavy (non-hydrogen) atoms. The number of aromatic nitrogens is 3. The minimum absolute atomic E-state index is 0.719. The summed E-state index contributed by atoms with van der Waals surface area (Å²) in [4.78, 5) is 4.77. The Balaban J connectivity index is 2.04. The molecule has 0 bridgehead atoms. The van der Waals surface area contributed by atoms with Gasteiger partial charge in [-0.15, -0.1) is 0 Å². The van der Waals surface area contributed by atoms with E-state index in [-0.39, 0.29) is 0 Å². The average Bonchev–Trinajstić information content (AvgIpc) is 2.96. The van der Waals surface area contributed by atoms with Crippen LogP contribution in [0.15, 0.2) is 54.6 Å². The fraction of sp³-hybridized carbons (Fsp3) is 0.143. The summed E-state index contributed by atoms with van der Waals surface area (Å²) >= 11 is 6.05. The van der Waals surface area contributed by atoms with E-state index in [1.165, 1.54) is 11.1 Å². The summed E-state index contributed by atoms with van der Waals surface area (Å²) in [7, 11) is 0. The Labute approximate surface area is 151 Å². The molecule has 0 saturated heterocycles. The van der Waals surface area contributed by atoms with Crippen molar-refractivity contribution in [1.29, 1.82) is 0 Å². The molecule has 2 heterocycles. The van der Waals surface area contributed by atoms with Gasteiger partial charge in [-0.1, -0.05) is 41.4 Å². The van der Waals surface area contributed by atoms with E-state index in [2.05, 4.69) is 44.2 Å². The third kappa shape index (κ3) is 2.81. The molecule has 4 aromatic rings. The number of aryl methyl sites for hydroxylation is 3. The first-order valence-electron chi connectivity index (χ1n) is 8.23. The summed E-state index contributed by atoms with van der Waals surface area (Å²) in [5.74, 6) is 0. The number of halogens is 1. The second-order valence-corrected chi connectivity index (χ2v) is 6.82. The minimum atomic E-state index is 0.719. The van der Waals surface area contributed by atoms with Gasteiger partial charge in [0.2, 0.25) is 0 Å². The number of fused-ring (bicyclic) bond motifs is 1. The van der Waals surface area contributed by atoms with Crippen molar-refractivity contribution in [2.75, 3.05) is 0 Å². The number of benzene rings is 2. The van der Waals surface area contributed by atoms with Crippen LogP contribution in [0.2, 0.25) is 5.02 Å². The quantitative estimate of drug-likeness (QED) is 0.468. The van der Waals surface area contributed by atoms with Crippen molar-refractivity contribution in [2.45, 2.75) is 20.8 Å². The van der Waals surface area contributed by atoms with Gasteiger partial charge in [0.15, 0.2) is 5.65 Å². The molecule has 0 aliphatic rings. The average molecular weight is 348 g/mol. The first kappa shape index (κ1) is 15.9. The lowest BCUT2D eigenvalue weighted by Crippen LogP contribution is -1.98. The predicted molar refractivity (Wildman–Crippen MR) is 104 cm³/mol. The Hall–Kier alpha value is -2.65. The molecule has 0 radical (unpaired) electrons. The summed E-state index contributed by atoms with van der Waals surface area (Å²) in [6.45, 7) is 6.20. The van der Waals surface area contributed by atoms with Gasteiger partial charge >= 0.3 is 0 Å². The third-order valence-electron chi connectivity index (χ3n) is 4.36. The van der Waals surface area contributed by atoms with Gasteiger partial charge in [0.1, 0.15) is 5.69 Å². The van der Waals surface area contributed by atoms with Crippen LogP contribution in [0.1, 0.15) is 16.8 Å². The molecule has 2 aromatic carbocycles. The fourth-order valence-corrected chi connectivity index (χ4v) is 3.26. The number of nitrogens with zero attached hydrogens (tertiary/aromatic N) is 3. The van der Waals surface area contributed by atoms with E-state index in [1.54, 1.807) is 0 Å². The zero-order valence-electron chi connectivity index (χ0n) is 14.4. The van der Waals surface area contributed by atoms with Crippen LogP contribution in [0.4, 0.5) is 0 Å². The largest absolute Gasteiger partial charge is 0.233 e. The lowest BCUT2D eigenvalue weighted by atomic mass is 10.1. The van der Waals surface area contributed by atoms with Gasteiger partial charge in [0.25, 0.3) is 0 Å². The van der Waals surface area contributed by atoms with Crippen LogP contribution in [0.3, 0.4) is 0 Å². The molecule has 3 nitrogen and oxygen atoms in total. The van der Waals surface area contributed by atoms with Crippen LogP contribution in [0, 0.1) is 20.8 Å². The summed E-state index contributed by atoms with van der Waals surface area (Å²) in [6.07, 6.45) is 0. The minimum Gasteiger partial charge on any atom is -0.233 e. The van der Waals surface area contributed by atoms with Crippen LogP contribution < -0.4 is 0 Å². The fourth-order valence-electron chi connectivity index (χ4n) is 3.14. The maximum atomic E-state index is 6.05. The van der Waals surface area contributed by atoms with Crippen molar-refractivity contribution >= 4 is 22.6 Å². The molecule has 0 N–H and O–H groups in total. The van der Waals surface area contributed by atoms with Gasteiger partial charge in [-0.3, -0.25) is 0 Å². The first-order valence-corrected chi connectivity index (χ1v) is 8.61. The standard InChI is InChI=1S/C21H18ClN3/c1-13-4-10-18(11-5-13)25-21-19(14(2)12-15(3)23-21)20(24-25)16-6-8-17(22)9-7-16/h4-12H,1-3H3. The maximum absolute atomic E-state index is 6.05. The molecule has 124 valence electrons. The second kappa shape index (κ2) is 6.01. The smallest absolute Gasteiger partial charge is 0.164 e. The monoisotopic (exact) mass is 347 g/mol. The van der Waals surface area contributed by atoms with E-state index in [0.29, 0.717) is 0 Å². The van der Waals surface area contributed by atoms with Gasteiger partial charge in [0, 0.05) is 16.3 Å². The van der Waals surface area contributed by atoms with Gasteiger partial charge in [-0.05, 0) is 56.7 Å². The predicted octanol–water partition coefficient (Wildman–Crippen LogP) is 5.67. The Morgan fingerprint density at radius 1 is 0.880 bits per heavy atom. The number of pyridine rings is 1. The molecule has 0 aliphatic carbocycles. The highest BCUT2D eigenvalue weighted by Crippen LogP contribution is 2.32. The number of hydrogen-bond donors (Lipinski definition) is 0. The topological polar surface area (TPSA) is 30.7 Å². The maximum Gasteiger partial charge on any atom is 0.164 e. The van der Waals surface area contributed by atoms with E-state index >= 15 is 0 Å². The van der Waals surface area contributed by atoms with Crippen molar-refractivity contribution in [1.82, 2.24) is 14.8 Å². The van der Waals surface area contributed by atoms with Crippen LogP contribution in [-0.4, -0.2) is 14.8 Å². The lowest BCUT2D eigenvalue weighted by molar-refractivity contribution is 0.897. The number of hydrogen-bond acceptors (Lipinski definition) is 2. The Morgan fingerprint density at radius 3 is 2.24 bits per heavy atom. The molecule has 2 aromatic heterocycles. The van der Waals surface area contributed by atoms with Crippen LogP contribution >= 0.6 is 11.6 Å². The SMILES string of the molecule is Cc1ccc(-n2nc(-c3ccc(Cl)cc3)c3c(C)cc(C)nc32)cc1. The number of rotatable bonds is 2. The van der Waals surface area contributed by atoms with Crippen LogP contribution in [0.25, 0.3) is 28.0 Å². The lowest BCUT2D eigenvalue weighted by Gasteiger charge is -2.04. The highest BCUT2D eigenvalue weighted by atomic mass is 35.5. The van der Waals surface area contributed by atoms with Crippen molar-refractivity contribution in [3.63, 3.8) is 0 Å². The molecule has 0 unspecified atom stereocenters. The molecule has 0 spiro atoms.